The summed E-state index contributed by atoms with van der Waals surface area (Å²) in [7, 11) is 1.83. The average Bonchev–Trinajstić information content (AvgIpc) is 3.31. The monoisotopic (exact) mass is 400 g/mol. The number of nitrogens with one attached hydrogen (secondary N) is 1. The minimum absolute atomic E-state index is 0.0965. The van der Waals surface area contributed by atoms with E-state index < -0.39 is 17.6 Å². The molecule has 1 N–H and O–H groups in total. The van der Waals surface area contributed by atoms with Gasteiger partial charge in [-0.3, -0.25) is 4.79 Å². The summed E-state index contributed by atoms with van der Waals surface area (Å²) in [6.07, 6.45) is -3.39. The van der Waals surface area contributed by atoms with Gasteiger partial charge in [-0.05, 0) is 24.3 Å². The van der Waals surface area contributed by atoms with E-state index >= 15 is 0 Å². The number of carbonyl (C=O) groups is 1. The molecular weight excluding hydrogens is 385 g/mol. The lowest BCUT2D eigenvalue weighted by atomic mass is 10.1. The van der Waals surface area contributed by atoms with Gasteiger partial charge >= 0.3 is 6.18 Å². The molecule has 4 aromatic rings. The van der Waals surface area contributed by atoms with E-state index in [2.05, 4.69) is 20.6 Å². The average molecular weight is 400 g/mol. The number of hydrogen-bond acceptors (Lipinski definition) is 4. The van der Waals surface area contributed by atoms with E-state index in [0.29, 0.717) is 5.82 Å². The molecular formula is C19H15F3N6O. The van der Waals surface area contributed by atoms with Crippen LogP contribution < -0.4 is 5.32 Å². The van der Waals surface area contributed by atoms with Crippen LogP contribution in [0.2, 0.25) is 0 Å². The number of amides is 1. The normalized spacial score (nSPS) is 11.7. The molecule has 0 aliphatic rings. The third-order valence-corrected chi connectivity index (χ3v) is 4.47. The predicted molar refractivity (Wildman–Crippen MR) is 98.2 cm³/mol. The minimum Gasteiger partial charge on any atom is -0.343 e. The van der Waals surface area contributed by atoms with Crippen molar-refractivity contribution in [1.29, 1.82) is 0 Å². The number of rotatable bonds is 4. The SMILES string of the molecule is Cn1c(CNC(=O)c2cn(-c3ccccc3C(F)(F)F)nn2)nc2ccccc21. The molecule has 10 heteroatoms. The first-order chi connectivity index (χ1) is 13.8. The number of halogens is 3. The van der Waals surface area contributed by atoms with Crippen molar-refractivity contribution in [3.05, 3.63) is 71.8 Å². The fourth-order valence-corrected chi connectivity index (χ4v) is 3.00. The molecule has 0 bridgehead atoms. The number of aromatic nitrogens is 5. The lowest BCUT2D eigenvalue weighted by Gasteiger charge is -2.11. The molecule has 0 saturated heterocycles. The highest BCUT2D eigenvalue weighted by atomic mass is 19.4. The van der Waals surface area contributed by atoms with E-state index in [1.165, 1.54) is 18.2 Å². The maximum Gasteiger partial charge on any atom is 0.418 e. The Balaban J connectivity index is 1.53. The number of hydrogen-bond donors (Lipinski definition) is 1. The molecule has 0 unspecified atom stereocenters. The maximum absolute atomic E-state index is 13.2. The summed E-state index contributed by atoms with van der Waals surface area (Å²) in [5.74, 6) is 0.0714. The first kappa shape index (κ1) is 18.7. The molecule has 0 fully saturated rings. The van der Waals surface area contributed by atoms with E-state index in [-0.39, 0.29) is 17.9 Å². The van der Waals surface area contributed by atoms with Gasteiger partial charge in [0, 0.05) is 7.05 Å². The quantitative estimate of drug-likeness (QED) is 0.571. The topological polar surface area (TPSA) is 77.6 Å². The van der Waals surface area contributed by atoms with Crippen LogP contribution in [0.15, 0.2) is 54.7 Å². The molecule has 0 atom stereocenters. The largest absolute Gasteiger partial charge is 0.418 e. The number of alkyl halides is 3. The molecule has 7 nitrogen and oxygen atoms in total. The van der Waals surface area contributed by atoms with Crippen molar-refractivity contribution in [2.24, 2.45) is 7.05 Å². The highest BCUT2D eigenvalue weighted by molar-refractivity contribution is 5.91. The summed E-state index contributed by atoms with van der Waals surface area (Å²) in [6, 6.07) is 12.5. The Labute approximate surface area is 162 Å². The number of benzene rings is 2. The number of fused-ring (bicyclic) bond motifs is 1. The smallest absolute Gasteiger partial charge is 0.343 e. The second-order valence-electron chi connectivity index (χ2n) is 6.32. The molecule has 0 saturated carbocycles. The van der Waals surface area contributed by atoms with Crippen LogP contribution in [-0.2, 0) is 19.8 Å². The van der Waals surface area contributed by atoms with Crippen LogP contribution in [0.1, 0.15) is 21.9 Å². The van der Waals surface area contributed by atoms with Crippen LogP contribution in [0.5, 0.6) is 0 Å². The maximum atomic E-state index is 13.2. The van der Waals surface area contributed by atoms with Crippen LogP contribution in [-0.4, -0.2) is 30.5 Å². The van der Waals surface area contributed by atoms with Crippen molar-refractivity contribution >= 4 is 16.9 Å². The van der Waals surface area contributed by atoms with Crippen molar-refractivity contribution in [3.63, 3.8) is 0 Å². The zero-order chi connectivity index (χ0) is 20.6. The molecule has 0 radical (unpaired) electrons. The summed E-state index contributed by atoms with van der Waals surface area (Å²) in [6.45, 7) is 0.135. The highest BCUT2D eigenvalue weighted by Crippen LogP contribution is 2.33. The van der Waals surface area contributed by atoms with Gasteiger partial charge in [-0.2, -0.15) is 13.2 Å². The summed E-state index contributed by atoms with van der Waals surface area (Å²) < 4.78 is 42.3. The van der Waals surface area contributed by atoms with Gasteiger partial charge in [-0.1, -0.05) is 29.5 Å². The molecule has 2 heterocycles. The summed E-state index contributed by atoms with van der Waals surface area (Å²) in [5, 5.41) is 10.0. The molecule has 0 spiro atoms. The predicted octanol–water partition coefficient (Wildman–Crippen LogP) is 3.10. The Morgan fingerprint density at radius 3 is 2.59 bits per heavy atom. The van der Waals surface area contributed by atoms with Gasteiger partial charge in [-0.15, -0.1) is 5.10 Å². The van der Waals surface area contributed by atoms with Gasteiger partial charge in [-0.25, -0.2) is 9.67 Å². The minimum atomic E-state index is -4.55. The van der Waals surface area contributed by atoms with E-state index in [1.807, 2.05) is 35.9 Å². The Morgan fingerprint density at radius 2 is 1.83 bits per heavy atom. The fourth-order valence-electron chi connectivity index (χ4n) is 3.00. The molecule has 0 aliphatic carbocycles. The van der Waals surface area contributed by atoms with Gasteiger partial charge in [0.05, 0.1) is 35.0 Å². The zero-order valence-corrected chi connectivity index (χ0v) is 15.2. The van der Waals surface area contributed by atoms with Gasteiger partial charge in [0.15, 0.2) is 5.69 Å². The van der Waals surface area contributed by atoms with E-state index in [1.54, 1.807) is 0 Å². The van der Waals surface area contributed by atoms with Crippen molar-refractivity contribution < 1.29 is 18.0 Å². The van der Waals surface area contributed by atoms with E-state index in [0.717, 1.165) is 28.0 Å². The highest BCUT2D eigenvalue weighted by Gasteiger charge is 2.34. The molecule has 2 aromatic heterocycles. The molecule has 1 amide bonds. The van der Waals surface area contributed by atoms with Gasteiger partial charge in [0.1, 0.15) is 5.82 Å². The van der Waals surface area contributed by atoms with E-state index in [4.69, 9.17) is 0 Å². The van der Waals surface area contributed by atoms with E-state index in [9.17, 15) is 18.0 Å². The van der Waals surface area contributed by atoms with Crippen molar-refractivity contribution in [2.75, 3.05) is 0 Å². The summed E-state index contributed by atoms with van der Waals surface area (Å²) >= 11 is 0. The second kappa shape index (κ2) is 7.04. The van der Waals surface area contributed by atoms with Gasteiger partial charge in [0.2, 0.25) is 0 Å². The van der Waals surface area contributed by atoms with Crippen molar-refractivity contribution in [3.8, 4) is 5.69 Å². The number of nitrogens with zero attached hydrogens (tertiary/aromatic N) is 5. The summed E-state index contributed by atoms with van der Waals surface area (Å²) in [5.41, 5.74) is 0.555. The van der Waals surface area contributed by atoms with Crippen LogP contribution in [0.4, 0.5) is 13.2 Å². The first-order valence-corrected chi connectivity index (χ1v) is 8.62. The number of imidazole rings is 1. The number of para-hydroxylation sites is 3. The first-order valence-electron chi connectivity index (χ1n) is 8.62. The van der Waals surface area contributed by atoms with Gasteiger partial charge < -0.3 is 9.88 Å². The van der Waals surface area contributed by atoms with Crippen LogP contribution in [0.25, 0.3) is 16.7 Å². The third kappa shape index (κ3) is 3.56. The van der Waals surface area contributed by atoms with Crippen LogP contribution in [0, 0.1) is 0 Å². The van der Waals surface area contributed by atoms with Crippen LogP contribution >= 0.6 is 0 Å². The molecule has 2 aromatic carbocycles. The number of aryl methyl sites for hydroxylation is 1. The standard InChI is InChI=1S/C19H15F3N6O/c1-27-16-9-5-3-7-13(16)24-17(27)10-23-18(29)14-11-28(26-25-14)15-8-4-2-6-12(15)19(20,21)22/h2-9,11H,10H2,1H3,(H,23,29). The Morgan fingerprint density at radius 1 is 1.10 bits per heavy atom. The molecule has 4 rings (SSSR count). The van der Waals surface area contributed by atoms with Crippen molar-refractivity contribution in [1.82, 2.24) is 29.9 Å². The second-order valence-corrected chi connectivity index (χ2v) is 6.32. The summed E-state index contributed by atoms with van der Waals surface area (Å²) in [4.78, 5) is 16.8. The van der Waals surface area contributed by atoms with Gasteiger partial charge in [0.25, 0.3) is 5.91 Å². The zero-order valence-electron chi connectivity index (χ0n) is 15.2. The van der Waals surface area contributed by atoms with Crippen LogP contribution in [0.3, 0.4) is 0 Å². The fraction of sp³-hybridized carbons (Fsp3) is 0.158. The molecule has 0 aliphatic heterocycles. The molecule has 29 heavy (non-hydrogen) atoms. The molecule has 148 valence electrons. The Hall–Kier alpha value is -3.69. The van der Waals surface area contributed by atoms with Crippen molar-refractivity contribution in [2.45, 2.75) is 12.7 Å². The third-order valence-electron chi connectivity index (χ3n) is 4.47. The lowest BCUT2D eigenvalue weighted by Crippen LogP contribution is -2.24. The Kier molecular flexibility index (Phi) is 4.53. The lowest BCUT2D eigenvalue weighted by molar-refractivity contribution is -0.137. The Bertz CT molecular complexity index is 1190. The number of carbonyl (C=O) groups excluding carboxylic acids is 1.